The van der Waals surface area contributed by atoms with Crippen molar-refractivity contribution in [3.8, 4) is 0 Å². The molecule has 64 valence electrons. The zero-order valence-electron chi connectivity index (χ0n) is 6.82. The molecule has 0 unspecified atom stereocenters. The maximum Gasteiger partial charge on any atom is 0.158 e. The third-order valence-electron chi connectivity index (χ3n) is 1.60. The Kier molecular flexibility index (Phi) is 2.63. The fourth-order valence-corrected chi connectivity index (χ4v) is 3.69. The predicted octanol–water partition coefficient (Wildman–Crippen LogP) is 3.20. The van der Waals surface area contributed by atoms with Crippen LogP contribution in [0.5, 0.6) is 0 Å². The molecule has 2 rings (SSSR count). The first-order valence-electron chi connectivity index (χ1n) is 3.94. The molecule has 3 heteroatoms. The van der Waals surface area contributed by atoms with E-state index in [-0.39, 0.29) is 4.77 Å². The number of hydrogen-bond donors (Lipinski definition) is 0. The molecule has 0 amide bonds. The van der Waals surface area contributed by atoms with Crippen molar-refractivity contribution >= 4 is 23.5 Å². The number of fused-ring (bicyclic) bond motifs is 1. The molecule has 0 spiro atoms. The van der Waals surface area contributed by atoms with E-state index in [1.165, 1.54) is 9.79 Å². The van der Waals surface area contributed by atoms with Crippen molar-refractivity contribution in [1.82, 2.24) is 0 Å². The van der Waals surface area contributed by atoms with E-state index in [0.29, 0.717) is 0 Å². The minimum Gasteiger partial charge on any atom is -0.357 e. The third-order valence-corrected chi connectivity index (χ3v) is 4.18. The predicted molar refractivity (Wildman–Crippen MR) is 53.6 cm³/mol. The van der Waals surface area contributed by atoms with E-state index in [9.17, 15) is 0 Å². The van der Waals surface area contributed by atoms with Crippen LogP contribution >= 0.6 is 23.5 Å². The van der Waals surface area contributed by atoms with Gasteiger partial charge in [-0.3, -0.25) is 0 Å². The number of ether oxygens (including phenoxy) is 1. The smallest absolute Gasteiger partial charge is 0.158 e. The van der Waals surface area contributed by atoms with Crippen molar-refractivity contribution in [3.63, 3.8) is 0 Å². The van der Waals surface area contributed by atoms with Crippen molar-refractivity contribution < 1.29 is 4.74 Å². The Morgan fingerprint density at radius 1 is 1.25 bits per heavy atom. The van der Waals surface area contributed by atoms with Crippen LogP contribution in [0.3, 0.4) is 0 Å². The van der Waals surface area contributed by atoms with E-state index in [4.69, 9.17) is 4.74 Å². The SMILES string of the molecule is CCOC1Sc2ccccc2S1. The molecule has 0 aromatic heterocycles. The van der Waals surface area contributed by atoms with Gasteiger partial charge in [0.15, 0.2) is 4.77 Å². The molecular weight excluding hydrogens is 188 g/mol. The van der Waals surface area contributed by atoms with Gasteiger partial charge in [0.1, 0.15) is 0 Å². The number of hydrogen-bond acceptors (Lipinski definition) is 3. The van der Waals surface area contributed by atoms with Crippen LogP contribution in [0.15, 0.2) is 34.1 Å². The summed E-state index contributed by atoms with van der Waals surface area (Å²) in [5.74, 6) is 0. The molecule has 1 aromatic rings. The highest BCUT2D eigenvalue weighted by molar-refractivity contribution is 8.19. The second-order valence-electron chi connectivity index (χ2n) is 2.43. The summed E-state index contributed by atoms with van der Waals surface area (Å²) >= 11 is 3.60. The standard InChI is InChI=1S/C9H10OS2/c1-2-10-9-11-7-5-3-4-6-8(7)12-9/h3-6,9H,2H2,1H3. The Hall–Kier alpha value is -0.120. The van der Waals surface area contributed by atoms with Crippen LogP contribution in [0, 0.1) is 0 Å². The molecule has 0 bridgehead atoms. The monoisotopic (exact) mass is 198 g/mol. The first-order chi connectivity index (χ1) is 5.90. The fourth-order valence-electron chi connectivity index (χ4n) is 1.08. The maximum absolute atomic E-state index is 5.51. The summed E-state index contributed by atoms with van der Waals surface area (Å²) in [6, 6.07) is 8.43. The summed E-state index contributed by atoms with van der Waals surface area (Å²) in [7, 11) is 0. The molecule has 0 atom stereocenters. The van der Waals surface area contributed by atoms with Crippen LogP contribution in [-0.4, -0.2) is 11.4 Å². The Labute approximate surface area is 80.9 Å². The van der Waals surface area contributed by atoms with Crippen LogP contribution in [0.2, 0.25) is 0 Å². The van der Waals surface area contributed by atoms with Crippen molar-refractivity contribution in [3.05, 3.63) is 24.3 Å². The molecule has 1 nitrogen and oxygen atoms in total. The van der Waals surface area contributed by atoms with Gasteiger partial charge in [-0.1, -0.05) is 35.7 Å². The molecule has 1 aliphatic heterocycles. The first-order valence-corrected chi connectivity index (χ1v) is 5.70. The lowest BCUT2D eigenvalue weighted by Gasteiger charge is -2.05. The summed E-state index contributed by atoms with van der Waals surface area (Å²) in [5.41, 5.74) is 0. The van der Waals surface area contributed by atoms with Crippen LogP contribution in [0.1, 0.15) is 6.92 Å². The van der Waals surface area contributed by atoms with Gasteiger partial charge in [0.25, 0.3) is 0 Å². The molecule has 0 N–H and O–H groups in total. The molecule has 0 saturated carbocycles. The van der Waals surface area contributed by atoms with Gasteiger partial charge < -0.3 is 4.74 Å². The highest BCUT2D eigenvalue weighted by atomic mass is 32.2. The first kappa shape index (κ1) is 8.48. The molecular formula is C9H10OS2. The van der Waals surface area contributed by atoms with Gasteiger partial charge in [-0.25, -0.2) is 0 Å². The highest BCUT2D eigenvalue weighted by Gasteiger charge is 2.22. The van der Waals surface area contributed by atoms with Gasteiger partial charge >= 0.3 is 0 Å². The summed E-state index contributed by atoms with van der Waals surface area (Å²) in [4.78, 5) is 2.70. The summed E-state index contributed by atoms with van der Waals surface area (Å²) < 4.78 is 5.78. The molecule has 12 heavy (non-hydrogen) atoms. The van der Waals surface area contributed by atoms with Crippen molar-refractivity contribution in [1.29, 1.82) is 0 Å². The van der Waals surface area contributed by atoms with Crippen LogP contribution in [0.4, 0.5) is 0 Å². The van der Waals surface area contributed by atoms with E-state index in [0.717, 1.165) is 6.61 Å². The summed E-state index contributed by atoms with van der Waals surface area (Å²) in [6.07, 6.45) is 0. The van der Waals surface area contributed by atoms with Crippen molar-refractivity contribution in [2.24, 2.45) is 0 Å². The lowest BCUT2D eigenvalue weighted by atomic mass is 10.4. The molecule has 0 radical (unpaired) electrons. The summed E-state index contributed by atoms with van der Waals surface area (Å²) in [5, 5.41) is 0. The third kappa shape index (κ3) is 1.63. The van der Waals surface area contributed by atoms with Crippen LogP contribution < -0.4 is 0 Å². The number of benzene rings is 1. The Morgan fingerprint density at radius 2 is 1.83 bits per heavy atom. The normalized spacial score (nSPS) is 16.4. The van der Waals surface area contributed by atoms with E-state index in [1.807, 2.05) is 6.92 Å². The maximum atomic E-state index is 5.51. The zero-order chi connectivity index (χ0) is 8.39. The van der Waals surface area contributed by atoms with Gasteiger partial charge in [0, 0.05) is 16.4 Å². The second-order valence-corrected chi connectivity index (χ2v) is 4.93. The highest BCUT2D eigenvalue weighted by Crippen LogP contribution is 2.47. The molecule has 1 aromatic carbocycles. The Bertz CT molecular complexity index is 250. The van der Waals surface area contributed by atoms with E-state index >= 15 is 0 Å². The molecule has 0 fully saturated rings. The minimum atomic E-state index is 0.271. The molecule has 1 aliphatic rings. The zero-order valence-corrected chi connectivity index (χ0v) is 8.45. The van der Waals surface area contributed by atoms with Crippen LogP contribution in [0.25, 0.3) is 0 Å². The van der Waals surface area contributed by atoms with E-state index in [2.05, 4.69) is 24.3 Å². The van der Waals surface area contributed by atoms with Crippen molar-refractivity contribution in [2.75, 3.05) is 6.61 Å². The number of thioether (sulfide) groups is 2. The molecule has 1 heterocycles. The van der Waals surface area contributed by atoms with Gasteiger partial charge in [-0.15, -0.1) is 0 Å². The van der Waals surface area contributed by atoms with Gasteiger partial charge in [0.05, 0.1) is 0 Å². The average Bonchev–Trinajstić information content (AvgIpc) is 2.47. The minimum absolute atomic E-state index is 0.271. The largest absolute Gasteiger partial charge is 0.357 e. The Balaban J connectivity index is 2.11. The lowest BCUT2D eigenvalue weighted by Crippen LogP contribution is -1.97. The second kappa shape index (κ2) is 3.73. The fraction of sp³-hybridized carbons (Fsp3) is 0.333. The average molecular weight is 198 g/mol. The molecule has 0 saturated heterocycles. The van der Waals surface area contributed by atoms with Gasteiger partial charge in [-0.2, -0.15) is 0 Å². The lowest BCUT2D eigenvalue weighted by molar-refractivity contribution is 0.179. The van der Waals surface area contributed by atoms with Crippen LogP contribution in [-0.2, 0) is 4.74 Å². The van der Waals surface area contributed by atoms with E-state index < -0.39 is 0 Å². The summed E-state index contributed by atoms with van der Waals surface area (Å²) in [6.45, 7) is 2.82. The Morgan fingerprint density at radius 3 is 2.33 bits per heavy atom. The van der Waals surface area contributed by atoms with Crippen molar-refractivity contribution in [2.45, 2.75) is 21.5 Å². The topological polar surface area (TPSA) is 9.23 Å². The molecule has 0 aliphatic carbocycles. The quantitative estimate of drug-likeness (QED) is 0.722. The van der Waals surface area contributed by atoms with E-state index in [1.54, 1.807) is 23.5 Å². The number of rotatable bonds is 2. The van der Waals surface area contributed by atoms with Gasteiger partial charge in [0.2, 0.25) is 0 Å². The van der Waals surface area contributed by atoms with Gasteiger partial charge in [-0.05, 0) is 19.1 Å².